The summed E-state index contributed by atoms with van der Waals surface area (Å²) >= 11 is 0. The molecule has 2 rings (SSSR count). The molecular weight excluding hydrogens is 326 g/mol. The average molecular weight is 343 g/mol. The molecule has 1 heterocycles. The van der Waals surface area contributed by atoms with Crippen LogP contribution in [0.1, 0.15) is 21.7 Å². The Morgan fingerprint density at radius 3 is 2.68 bits per heavy atom. The molecule has 2 aromatic rings. The van der Waals surface area contributed by atoms with Crippen molar-refractivity contribution in [3.05, 3.63) is 51.6 Å². The number of hydrogen-bond donors (Lipinski definition) is 0. The second kappa shape index (κ2) is 8.13. The lowest BCUT2D eigenvalue weighted by molar-refractivity contribution is 0.0558. The van der Waals surface area contributed by atoms with Gasteiger partial charge in [0.05, 0.1) is 25.3 Å². The lowest BCUT2D eigenvalue weighted by Crippen LogP contribution is -2.15. The number of methoxy groups -OCH3 is 2. The maximum absolute atomic E-state index is 12.3. The molecule has 0 radical (unpaired) electrons. The highest BCUT2D eigenvalue weighted by Crippen LogP contribution is 2.33. The van der Waals surface area contributed by atoms with Gasteiger partial charge in [-0.25, -0.2) is 9.59 Å². The molecule has 0 atom stereocenters. The summed E-state index contributed by atoms with van der Waals surface area (Å²) in [5.41, 5.74) is 1.05. The van der Waals surface area contributed by atoms with Gasteiger partial charge in [0, 0.05) is 24.3 Å². The molecule has 1 aromatic heterocycles. The summed E-state index contributed by atoms with van der Waals surface area (Å²) in [5, 5.41) is 9.40. The minimum atomic E-state index is -0.832. The molecular formula is C18H17NO6. The predicted molar refractivity (Wildman–Crippen MR) is 88.6 cm³/mol. The number of ether oxygens (including phenoxy) is 3. The molecule has 0 saturated carbocycles. The summed E-state index contributed by atoms with van der Waals surface area (Å²) in [6, 6.07) is 8.57. The van der Waals surface area contributed by atoms with Gasteiger partial charge in [-0.3, -0.25) is 0 Å². The topological polar surface area (TPSA) is 98.8 Å². The number of benzene rings is 1. The third kappa shape index (κ3) is 3.87. The van der Waals surface area contributed by atoms with Crippen LogP contribution in [-0.4, -0.2) is 33.4 Å². The molecule has 7 nitrogen and oxygen atoms in total. The fourth-order valence-electron chi connectivity index (χ4n) is 2.35. The third-order valence-corrected chi connectivity index (χ3v) is 3.49. The number of esters is 1. The van der Waals surface area contributed by atoms with E-state index >= 15 is 0 Å². The minimum Gasteiger partial charge on any atom is -0.484 e. The second-order valence-corrected chi connectivity index (χ2v) is 5.08. The Morgan fingerprint density at radius 2 is 2.04 bits per heavy atom. The molecule has 0 N–H and O–H groups in total. The van der Waals surface area contributed by atoms with Crippen LogP contribution in [0.4, 0.5) is 0 Å². The van der Waals surface area contributed by atoms with E-state index in [0.29, 0.717) is 16.7 Å². The quantitative estimate of drug-likeness (QED) is 0.586. The van der Waals surface area contributed by atoms with Crippen LogP contribution in [0, 0.1) is 18.3 Å². The largest absolute Gasteiger partial charge is 0.484 e. The van der Waals surface area contributed by atoms with Crippen molar-refractivity contribution in [3.8, 4) is 22.9 Å². The summed E-state index contributed by atoms with van der Waals surface area (Å²) in [4.78, 5) is 24.1. The number of nitriles is 1. The predicted octanol–water partition coefficient (Wildman–Crippen LogP) is 2.30. The number of carbonyl (C=O) groups is 1. The molecule has 1 aromatic carbocycles. The van der Waals surface area contributed by atoms with Gasteiger partial charge in [0.1, 0.15) is 6.61 Å². The Hall–Kier alpha value is -3.11. The van der Waals surface area contributed by atoms with Crippen molar-refractivity contribution in [2.24, 2.45) is 0 Å². The van der Waals surface area contributed by atoms with E-state index in [1.807, 2.05) is 0 Å². The van der Waals surface area contributed by atoms with Crippen LogP contribution in [0.3, 0.4) is 0 Å². The molecule has 0 unspecified atom stereocenters. The monoisotopic (exact) mass is 343 g/mol. The molecule has 0 spiro atoms. The van der Waals surface area contributed by atoms with Gasteiger partial charge in [-0.1, -0.05) is 12.1 Å². The molecule has 7 heteroatoms. The Kier molecular flexibility index (Phi) is 5.93. The van der Waals surface area contributed by atoms with Crippen LogP contribution >= 0.6 is 0 Å². The van der Waals surface area contributed by atoms with Crippen LogP contribution < -0.4 is 10.4 Å². The SMILES string of the molecule is COCCOc1c(-c2c(C)cccc2C#N)cc(C(=O)OC)oc1=O. The fourth-order valence-corrected chi connectivity index (χ4v) is 2.35. The van der Waals surface area contributed by atoms with E-state index in [0.717, 1.165) is 5.56 Å². The Bertz CT molecular complexity index is 878. The van der Waals surface area contributed by atoms with Gasteiger partial charge in [-0.05, 0) is 18.6 Å². The van der Waals surface area contributed by atoms with Gasteiger partial charge in [-0.2, -0.15) is 5.26 Å². The maximum Gasteiger partial charge on any atom is 0.379 e. The highest BCUT2D eigenvalue weighted by molar-refractivity contribution is 5.89. The van der Waals surface area contributed by atoms with E-state index in [4.69, 9.17) is 13.9 Å². The van der Waals surface area contributed by atoms with Gasteiger partial charge in [0.15, 0.2) is 0 Å². The zero-order valence-electron chi connectivity index (χ0n) is 14.1. The Balaban J connectivity index is 2.73. The van der Waals surface area contributed by atoms with Gasteiger partial charge in [0.25, 0.3) is 0 Å². The van der Waals surface area contributed by atoms with Crippen LogP contribution in [-0.2, 0) is 9.47 Å². The van der Waals surface area contributed by atoms with E-state index in [1.54, 1.807) is 25.1 Å². The highest BCUT2D eigenvalue weighted by atomic mass is 16.5. The number of aryl methyl sites for hydroxylation is 1. The lowest BCUT2D eigenvalue weighted by atomic mass is 9.95. The van der Waals surface area contributed by atoms with Crippen molar-refractivity contribution >= 4 is 5.97 Å². The number of rotatable bonds is 6. The van der Waals surface area contributed by atoms with Crippen LogP contribution in [0.5, 0.6) is 5.75 Å². The smallest absolute Gasteiger partial charge is 0.379 e. The van der Waals surface area contributed by atoms with Crippen molar-refractivity contribution < 1.29 is 23.4 Å². The second-order valence-electron chi connectivity index (χ2n) is 5.08. The fraction of sp³-hybridized carbons (Fsp3) is 0.278. The average Bonchev–Trinajstić information content (AvgIpc) is 2.62. The van der Waals surface area contributed by atoms with Crippen molar-refractivity contribution in [1.29, 1.82) is 5.26 Å². The number of carbonyl (C=O) groups excluding carboxylic acids is 1. The van der Waals surface area contributed by atoms with E-state index < -0.39 is 11.6 Å². The summed E-state index contributed by atoms with van der Waals surface area (Å²) in [6.07, 6.45) is 0. The third-order valence-electron chi connectivity index (χ3n) is 3.49. The summed E-state index contributed by atoms with van der Waals surface area (Å²) in [5.74, 6) is -1.15. The molecule has 0 aliphatic carbocycles. The van der Waals surface area contributed by atoms with Gasteiger partial charge < -0.3 is 18.6 Å². The molecule has 0 fully saturated rings. The molecule has 0 saturated heterocycles. The minimum absolute atomic E-state index is 0.0875. The highest BCUT2D eigenvalue weighted by Gasteiger charge is 2.22. The first kappa shape index (κ1) is 18.2. The standard InChI is InChI=1S/C18H17NO6/c1-11-5-4-6-12(10-19)15(11)13-9-14(17(20)23-3)25-18(21)16(13)24-8-7-22-2/h4-6,9H,7-8H2,1-3H3. The molecule has 25 heavy (non-hydrogen) atoms. The summed E-state index contributed by atoms with van der Waals surface area (Å²) < 4.78 is 20.0. The van der Waals surface area contributed by atoms with Gasteiger partial charge >= 0.3 is 11.6 Å². The zero-order valence-corrected chi connectivity index (χ0v) is 14.1. The zero-order chi connectivity index (χ0) is 18.4. The molecule has 0 amide bonds. The van der Waals surface area contributed by atoms with E-state index in [2.05, 4.69) is 10.8 Å². The first-order chi connectivity index (χ1) is 12.0. The van der Waals surface area contributed by atoms with Gasteiger partial charge in [0.2, 0.25) is 11.5 Å². The van der Waals surface area contributed by atoms with Crippen molar-refractivity contribution in [3.63, 3.8) is 0 Å². The lowest BCUT2D eigenvalue weighted by Gasteiger charge is -2.14. The molecule has 130 valence electrons. The number of nitrogens with zero attached hydrogens (tertiary/aromatic N) is 1. The molecule has 0 aliphatic heterocycles. The maximum atomic E-state index is 12.3. The number of hydrogen-bond acceptors (Lipinski definition) is 7. The first-order valence-corrected chi connectivity index (χ1v) is 7.41. The molecule has 0 aliphatic rings. The van der Waals surface area contributed by atoms with E-state index in [9.17, 15) is 14.9 Å². The normalized spacial score (nSPS) is 10.2. The summed E-state index contributed by atoms with van der Waals surface area (Å²) in [7, 11) is 2.68. The van der Waals surface area contributed by atoms with E-state index in [1.165, 1.54) is 20.3 Å². The molecule has 0 bridgehead atoms. The van der Waals surface area contributed by atoms with Crippen molar-refractivity contribution in [2.45, 2.75) is 6.92 Å². The Morgan fingerprint density at radius 1 is 1.28 bits per heavy atom. The van der Waals surface area contributed by atoms with Crippen molar-refractivity contribution in [1.82, 2.24) is 0 Å². The Labute approximate surface area is 144 Å². The summed E-state index contributed by atoms with van der Waals surface area (Å²) in [6.45, 7) is 2.16. The van der Waals surface area contributed by atoms with Crippen LogP contribution in [0.25, 0.3) is 11.1 Å². The van der Waals surface area contributed by atoms with Crippen LogP contribution in [0.15, 0.2) is 33.5 Å². The van der Waals surface area contributed by atoms with Gasteiger partial charge in [-0.15, -0.1) is 0 Å². The first-order valence-electron chi connectivity index (χ1n) is 7.41. The van der Waals surface area contributed by atoms with Crippen LogP contribution in [0.2, 0.25) is 0 Å². The van der Waals surface area contributed by atoms with Crippen molar-refractivity contribution in [2.75, 3.05) is 27.4 Å². The van der Waals surface area contributed by atoms with E-state index in [-0.39, 0.29) is 24.7 Å².